The lowest BCUT2D eigenvalue weighted by atomic mass is 10.0. The summed E-state index contributed by atoms with van der Waals surface area (Å²) < 4.78 is 7.04. The van der Waals surface area contributed by atoms with Crippen molar-refractivity contribution in [3.63, 3.8) is 0 Å². The van der Waals surface area contributed by atoms with Gasteiger partial charge in [0.2, 0.25) is 5.89 Å². The summed E-state index contributed by atoms with van der Waals surface area (Å²) in [7, 11) is 0. The Balaban J connectivity index is 1.88. The highest BCUT2D eigenvalue weighted by Gasteiger charge is 2.27. The Hall–Kier alpha value is -1.65. The summed E-state index contributed by atoms with van der Waals surface area (Å²) in [6.45, 7) is 2.10. The molecule has 4 heteroatoms. The zero-order valence-corrected chi connectivity index (χ0v) is 13.9. The van der Waals surface area contributed by atoms with Gasteiger partial charge in [0, 0.05) is 10.0 Å². The van der Waals surface area contributed by atoms with E-state index in [1.807, 2.05) is 31.2 Å². The van der Waals surface area contributed by atoms with Crippen LogP contribution in [0, 0.1) is 6.92 Å². The molecule has 0 radical (unpaired) electrons. The molecule has 1 heterocycles. The van der Waals surface area contributed by atoms with Crippen LogP contribution in [-0.4, -0.2) is 10.1 Å². The van der Waals surface area contributed by atoms with E-state index in [2.05, 4.69) is 27.0 Å². The molecule has 4 rings (SSSR count). The van der Waals surface area contributed by atoms with E-state index in [-0.39, 0.29) is 6.61 Å². The largest absolute Gasteiger partial charge is 0.436 e. The number of rotatable bonds is 3. The predicted molar refractivity (Wildman–Crippen MR) is 89.8 cm³/mol. The van der Waals surface area contributed by atoms with Crippen molar-refractivity contribution in [3.8, 4) is 11.5 Å². The van der Waals surface area contributed by atoms with Crippen molar-refractivity contribution in [2.45, 2.75) is 32.3 Å². The average molecular weight is 358 g/mol. The fraction of sp³-hybridized carbons (Fsp3) is 0.278. The zero-order valence-electron chi connectivity index (χ0n) is 12.3. The van der Waals surface area contributed by atoms with Crippen molar-refractivity contribution in [3.05, 3.63) is 51.5 Å². The number of nitrogens with zero attached hydrogens (tertiary/aromatic N) is 1. The van der Waals surface area contributed by atoms with Crippen molar-refractivity contribution in [2.75, 3.05) is 0 Å². The van der Waals surface area contributed by atoms with E-state index in [1.165, 1.54) is 18.4 Å². The van der Waals surface area contributed by atoms with Gasteiger partial charge in [0.05, 0.1) is 6.61 Å². The number of hydrogen-bond donors (Lipinski definition) is 1. The van der Waals surface area contributed by atoms with Gasteiger partial charge >= 0.3 is 0 Å². The summed E-state index contributed by atoms with van der Waals surface area (Å²) in [5.41, 5.74) is 5.89. The van der Waals surface area contributed by atoms with Gasteiger partial charge in [-0.2, -0.15) is 0 Å². The maximum absolute atomic E-state index is 9.59. The van der Waals surface area contributed by atoms with Gasteiger partial charge in [0.1, 0.15) is 5.52 Å². The highest BCUT2D eigenvalue weighted by Crippen LogP contribution is 2.43. The van der Waals surface area contributed by atoms with Crippen LogP contribution in [0.5, 0.6) is 0 Å². The Morgan fingerprint density at radius 1 is 1.32 bits per heavy atom. The fourth-order valence-electron chi connectivity index (χ4n) is 2.90. The van der Waals surface area contributed by atoms with Gasteiger partial charge < -0.3 is 9.52 Å². The monoisotopic (exact) mass is 357 g/mol. The lowest BCUT2D eigenvalue weighted by Gasteiger charge is -2.04. The molecule has 1 aromatic heterocycles. The summed E-state index contributed by atoms with van der Waals surface area (Å²) >= 11 is 3.55. The van der Waals surface area contributed by atoms with Gasteiger partial charge in [0.15, 0.2) is 5.58 Å². The maximum Gasteiger partial charge on any atom is 0.227 e. The van der Waals surface area contributed by atoms with Crippen LogP contribution < -0.4 is 0 Å². The van der Waals surface area contributed by atoms with Gasteiger partial charge in [-0.25, -0.2) is 4.98 Å². The van der Waals surface area contributed by atoms with Crippen LogP contribution in [0.2, 0.25) is 0 Å². The molecule has 1 aliphatic rings. The molecular weight excluding hydrogens is 342 g/mol. The van der Waals surface area contributed by atoms with Crippen LogP contribution in [0.15, 0.2) is 39.2 Å². The molecular formula is C18H16BrNO2. The van der Waals surface area contributed by atoms with Crippen LogP contribution in [-0.2, 0) is 6.61 Å². The Bertz CT molecular complexity index is 865. The second-order valence-electron chi connectivity index (χ2n) is 5.88. The predicted octanol–water partition coefficient (Wildman–Crippen LogP) is 4.94. The van der Waals surface area contributed by atoms with Gasteiger partial charge in [-0.3, -0.25) is 0 Å². The molecule has 1 aliphatic carbocycles. The standard InChI is InChI=1S/C18H16BrNO2/c1-10-13(3-2-4-15(10)19)18-20-16-7-12(9-21)14(11-5-6-11)8-17(16)22-18/h2-4,7-8,11,21H,5-6,9H2,1H3. The number of aliphatic hydroxyl groups is 1. The van der Waals surface area contributed by atoms with E-state index in [4.69, 9.17) is 4.42 Å². The minimum absolute atomic E-state index is 0.0554. The minimum Gasteiger partial charge on any atom is -0.436 e. The maximum atomic E-state index is 9.59. The number of hydrogen-bond acceptors (Lipinski definition) is 3. The summed E-state index contributed by atoms with van der Waals surface area (Å²) in [6, 6.07) is 10.0. The van der Waals surface area contributed by atoms with E-state index in [0.29, 0.717) is 11.8 Å². The number of aromatic nitrogens is 1. The quantitative estimate of drug-likeness (QED) is 0.722. The van der Waals surface area contributed by atoms with E-state index in [0.717, 1.165) is 32.3 Å². The van der Waals surface area contributed by atoms with Crippen LogP contribution in [0.4, 0.5) is 0 Å². The molecule has 1 saturated carbocycles. The summed E-state index contributed by atoms with van der Waals surface area (Å²) in [6.07, 6.45) is 2.40. The molecule has 22 heavy (non-hydrogen) atoms. The number of fused-ring (bicyclic) bond motifs is 1. The first-order valence-corrected chi connectivity index (χ1v) is 8.26. The van der Waals surface area contributed by atoms with Crippen molar-refractivity contribution >= 4 is 27.0 Å². The molecule has 0 atom stereocenters. The Morgan fingerprint density at radius 2 is 2.14 bits per heavy atom. The van der Waals surface area contributed by atoms with E-state index in [9.17, 15) is 5.11 Å². The molecule has 112 valence electrons. The van der Waals surface area contributed by atoms with Crippen molar-refractivity contribution < 1.29 is 9.52 Å². The van der Waals surface area contributed by atoms with Gasteiger partial charge in [-0.1, -0.05) is 22.0 Å². The first kappa shape index (κ1) is 14.0. The number of oxazole rings is 1. The Labute approximate surface area is 137 Å². The number of benzene rings is 2. The molecule has 0 spiro atoms. The summed E-state index contributed by atoms with van der Waals surface area (Å²) in [4.78, 5) is 4.62. The molecule has 0 bridgehead atoms. The van der Waals surface area contributed by atoms with Crippen molar-refractivity contribution in [1.82, 2.24) is 4.98 Å². The molecule has 1 fully saturated rings. The van der Waals surface area contributed by atoms with Crippen LogP contribution in [0.1, 0.15) is 35.4 Å². The second-order valence-corrected chi connectivity index (χ2v) is 6.74. The van der Waals surface area contributed by atoms with Gasteiger partial charge in [0.25, 0.3) is 0 Å². The smallest absolute Gasteiger partial charge is 0.227 e. The number of aliphatic hydroxyl groups excluding tert-OH is 1. The third-order valence-corrected chi connectivity index (χ3v) is 5.19. The van der Waals surface area contributed by atoms with Gasteiger partial charge in [-0.05, 0) is 66.6 Å². The lowest BCUT2D eigenvalue weighted by Crippen LogP contribution is -1.91. The molecule has 0 aliphatic heterocycles. The molecule has 1 N–H and O–H groups in total. The Morgan fingerprint density at radius 3 is 2.86 bits per heavy atom. The van der Waals surface area contributed by atoms with Crippen LogP contribution >= 0.6 is 15.9 Å². The molecule has 0 unspecified atom stereocenters. The third-order valence-electron chi connectivity index (χ3n) is 4.34. The molecule has 2 aromatic carbocycles. The van der Waals surface area contributed by atoms with E-state index >= 15 is 0 Å². The topological polar surface area (TPSA) is 46.3 Å². The summed E-state index contributed by atoms with van der Waals surface area (Å²) in [5, 5.41) is 9.59. The van der Waals surface area contributed by atoms with Crippen molar-refractivity contribution in [1.29, 1.82) is 0 Å². The van der Waals surface area contributed by atoms with Crippen molar-refractivity contribution in [2.24, 2.45) is 0 Å². The zero-order chi connectivity index (χ0) is 15.3. The Kier molecular flexibility index (Phi) is 3.31. The highest BCUT2D eigenvalue weighted by atomic mass is 79.9. The molecule has 3 aromatic rings. The van der Waals surface area contributed by atoms with Crippen LogP contribution in [0.25, 0.3) is 22.6 Å². The third kappa shape index (κ3) is 2.27. The highest BCUT2D eigenvalue weighted by molar-refractivity contribution is 9.10. The first-order valence-electron chi connectivity index (χ1n) is 7.47. The molecule has 3 nitrogen and oxygen atoms in total. The molecule has 0 saturated heterocycles. The van der Waals surface area contributed by atoms with E-state index < -0.39 is 0 Å². The number of halogens is 1. The van der Waals surface area contributed by atoms with E-state index in [1.54, 1.807) is 0 Å². The lowest BCUT2D eigenvalue weighted by molar-refractivity contribution is 0.280. The summed E-state index contributed by atoms with van der Waals surface area (Å²) in [5.74, 6) is 1.21. The normalized spacial score (nSPS) is 14.7. The second kappa shape index (κ2) is 5.21. The van der Waals surface area contributed by atoms with Gasteiger partial charge in [-0.15, -0.1) is 0 Å². The fourth-order valence-corrected chi connectivity index (χ4v) is 3.26. The molecule has 0 amide bonds. The van der Waals surface area contributed by atoms with Crippen LogP contribution in [0.3, 0.4) is 0 Å². The average Bonchev–Trinajstić information content (AvgIpc) is 3.28. The SMILES string of the molecule is Cc1c(Br)cccc1-c1nc2cc(CO)c(C3CC3)cc2o1. The minimum atomic E-state index is 0.0554. The first-order chi connectivity index (χ1) is 10.7.